The quantitative estimate of drug-likeness (QED) is 0.373. The Morgan fingerprint density at radius 3 is 2.22 bits per heavy atom. The molecular weight excluding hydrogens is 284 g/mol. The first kappa shape index (κ1) is 15.0. The van der Waals surface area contributed by atoms with Crippen molar-refractivity contribution in [2.75, 3.05) is 0 Å². The van der Waals surface area contributed by atoms with E-state index in [-0.39, 0.29) is 0 Å². The Morgan fingerprint density at radius 2 is 1.57 bits per heavy atom. The minimum atomic E-state index is -0.404. The average molecular weight is 302 g/mol. The van der Waals surface area contributed by atoms with Crippen LogP contribution in [0.15, 0.2) is 72.8 Å². The highest BCUT2D eigenvalue weighted by Gasteiger charge is 2.08. The summed E-state index contributed by atoms with van der Waals surface area (Å²) < 4.78 is 5.23. The van der Waals surface area contributed by atoms with E-state index >= 15 is 0 Å². The Labute approximate surface area is 136 Å². The van der Waals surface area contributed by atoms with Crippen molar-refractivity contribution in [3.8, 4) is 16.9 Å². The molecule has 3 rings (SSSR count). The number of fused-ring (bicyclic) bond motifs is 1. The molecule has 0 heterocycles. The lowest BCUT2D eigenvalue weighted by Crippen LogP contribution is -2.07. The molecule has 0 atom stereocenters. The monoisotopic (exact) mass is 302 g/mol. The zero-order valence-corrected chi connectivity index (χ0v) is 13.3. The van der Waals surface area contributed by atoms with Gasteiger partial charge in [-0.05, 0) is 53.4 Å². The second kappa shape index (κ2) is 6.09. The second-order valence-corrected chi connectivity index (χ2v) is 5.67. The van der Waals surface area contributed by atoms with Gasteiger partial charge in [0.2, 0.25) is 0 Å². The van der Waals surface area contributed by atoms with Crippen molar-refractivity contribution in [2.45, 2.75) is 13.8 Å². The average Bonchev–Trinajstić information content (AvgIpc) is 2.56. The summed E-state index contributed by atoms with van der Waals surface area (Å²) >= 11 is 0. The smallest absolute Gasteiger partial charge is 0.338 e. The van der Waals surface area contributed by atoms with Gasteiger partial charge in [-0.15, -0.1) is 0 Å². The number of hydrogen-bond donors (Lipinski definition) is 0. The predicted octanol–water partition coefficient (Wildman–Crippen LogP) is 5.30. The van der Waals surface area contributed by atoms with Crippen LogP contribution in [0.4, 0.5) is 0 Å². The lowest BCUT2D eigenvalue weighted by atomic mass is 9.95. The molecule has 0 N–H and O–H groups in total. The van der Waals surface area contributed by atoms with Gasteiger partial charge in [-0.1, -0.05) is 55.1 Å². The van der Waals surface area contributed by atoms with E-state index in [9.17, 15) is 4.79 Å². The minimum absolute atomic E-state index is 0.388. The summed E-state index contributed by atoms with van der Waals surface area (Å²) in [6, 6.07) is 20.2. The van der Waals surface area contributed by atoms with Crippen LogP contribution in [0.5, 0.6) is 5.75 Å². The lowest BCUT2D eigenvalue weighted by Gasteiger charge is -2.10. The van der Waals surface area contributed by atoms with Crippen molar-refractivity contribution in [3.05, 3.63) is 78.4 Å². The van der Waals surface area contributed by atoms with Gasteiger partial charge < -0.3 is 4.74 Å². The van der Waals surface area contributed by atoms with E-state index in [1.54, 1.807) is 6.92 Å². The van der Waals surface area contributed by atoms with E-state index in [0.717, 1.165) is 5.56 Å². The third-order valence-corrected chi connectivity index (χ3v) is 3.87. The van der Waals surface area contributed by atoms with Crippen molar-refractivity contribution < 1.29 is 9.53 Å². The summed E-state index contributed by atoms with van der Waals surface area (Å²) in [5.74, 6) is 0.122. The molecule has 0 unspecified atom stereocenters. The third-order valence-electron chi connectivity index (χ3n) is 3.87. The Balaban J connectivity index is 1.99. The van der Waals surface area contributed by atoms with Gasteiger partial charge in [0.15, 0.2) is 0 Å². The molecule has 23 heavy (non-hydrogen) atoms. The van der Waals surface area contributed by atoms with Crippen molar-refractivity contribution >= 4 is 16.7 Å². The van der Waals surface area contributed by atoms with E-state index in [0.29, 0.717) is 11.3 Å². The maximum Gasteiger partial charge on any atom is 0.338 e. The highest BCUT2D eigenvalue weighted by atomic mass is 16.5. The van der Waals surface area contributed by atoms with E-state index in [1.807, 2.05) is 30.3 Å². The summed E-state index contributed by atoms with van der Waals surface area (Å²) in [5.41, 5.74) is 3.91. The molecule has 3 aromatic carbocycles. The molecule has 0 aliphatic heterocycles. The van der Waals surface area contributed by atoms with Crippen LogP contribution in [-0.4, -0.2) is 5.97 Å². The Hall–Kier alpha value is -2.87. The number of hydrogen-bond acceptors (Lipinski definition) is 2. The van der Waals surface area contributed by atoms with Crippen LogP contribution in [0.3, 0.4) is 0 Å². The first-order chi connectivity index (χ1) is 11.1. The van der Waals surface area contributed by atoms with Gasteiger partial charge in [0, 0.05) is 5.57 Å². The van der Waals surface area contributed by atoms with E-state index in [4.69, 9.17) is 4.74 Å². The van der Waals surface area contributed by atoms with Crippen molar-refractivity contribution in [2.24, 2.45) is 0 Å². The minimum Gasteiger partial charge on any atom is -0.423 e. The number of carbonyl (C=O) groups excluding carboxylic acids is 1. The predicted molar refractivity (Wildman–Crippen MR) is 94.6 cm³/mol. The third kappa shape index (κ3) is 3.02. The number of ether oxygens (including phenoxy) is 1. The summed E-state index contributed by atoms with van der Waals surface area (Å²) in [7, 11) is 0. The van der Waals surface area contributed by atoms with Gasteiger partial charge in [-0.3, -0.25) is 0 Å². The van der Waals surface area contributed by atoms with E-state index in [2.05, 4.69) is 43.8 Å². The molecule has 0 radical (unpaired) electrons. The fraction of sp³-hybridized carbons (Fsp3) is 0.0952. The molecule has 0 aliphatic carbocycles. The highest BCUT2D eigenvalue weighted by molar-refractivity contribution is 5.98. The molecule has 2 nitrogen and oxygen atoms in total. The Bertz CT molecular complexity index is 889. The maximum absolute atomic E-state index is 11.6. The molecule has 0 fully saturated rings. The molecule has 0 spiro atoms. The first-order valence-electron chi connectivity index (χ1n) is 7.53. The van der Waals surface area contributed by atoms with Crippen LogP contribution in [-0.2, 0) is 4.79 Å². The second-order valence-electron chi connectivity index (χ2n) is 5.67. The topological polar surface area (TPSA) is 26.3 Å². The van der Waals surface area contributed by atoms with Crippen LogP contribution in [0.2, 0.25) is 0 Å². The maximum atomic E-state index is 11.6. The van der Waals surface area contributed by atoms with Crippen molar-refractivity contribution in [1.29, 1.82) is 0 Å². The van der Waals surface area contributed by atoms with Crippen LogP contribution >= 0.6 is 0 Å². The molecule has 0 saturated heterocycles. The van der Waals surface area contributed by atoms with Crippen molar-refractivity contribution in [1.82, 2.24) is 0 Å². The van der Waals surface area contributed by atoms with E-state index < -0.39 is 5.97 Å². The summed E-state index contributed by atoms with van der Waals surface area (Å²) in [6.45, 7) is 7.34. The number of carbonyl (C=O) groups is 1. The molecule has 0 saturated carbocycles. The Morgan fingerprint density at radius 1 is 0.913 bits per heavy atom. The van der Waals surface area contributed by atoms with Crippen LogP contribution in [0, 0.1) is 6.92 Å². The highest BCUT2D eigenvalue weighted by Crippen LogP contribution is 2.31. The number of esters is 1. The van der Waals surface area contributed by atoms with Gasteiger partial charge in [0.25, 0.3) is 0 Å². The molecular formula is C21H18O2. The molecule has 0 aliphatic rings. The van der Waals surface area contributed by atoms with Crippen LogP contribution in [0.1, 0.15) is 12.5 Å². The van der Waals surface area contributed by atoms with Gasteiger partial charge in [-0.25, -0.2) is 4.79 Å². The normalized spacial score (nSPS) is 10.5. The zero-order chi connectivity index (χ0) is 16.4. The van der Waals surface area contributed by atoms with Crippen LogP contribution < -0.4 is 4.74 Å². The van der Waals surface area contributed by atoms with Gasteiger partial charge in [0.05, 0.1) is 0 Å². The largest absolute Gasteiger partial charge is 0.423 e. The number of aryl methyl sites for hydroxylation is 1. The molecule has 114 valence electrons. The fourth-order valence-electron chi connectivity index (χ4n) is 2.60. The van der Waals surface area contributed by atoms with Crippen LogP contribution in [0.25, 0.3) is 21.9 Å². The Kier molecular flexibility index (Phi) is 3.98. The van der Waals surface area contributed by atoms with Gasteiger partial charge in [0.1, 0.15) is 5.75 Å². The molecule has 0 aromatic heterocycles. The summed E-state index contributed by atoms with van der Waals surface area (Å²) in [4.78, 5) is 11.6. The zero-order valence-electron chi connectivity index (χ0n) is 13.3. The fourth-order valence-corrected chi connectivity index (χ4v) is 2.60. The summed E-state index contributed by atoms with van der Waals surface area (Å²) in [6.07, 6.45) is 0. The van der Waals surface area contributed by atoms with Gasteiger partial charge >= 0.3 is 5.97 Å². The number of rotatable bonds is 3. The summed E-state index contributed by atoms with van der Waals surface area (Å²) in [5, 5.41) is 2.47. The molecule has 0 amide bonds. The number of benzene rings is 3. The van der Waals surface area contributed by atoms with Crippen molar-refractivity contribution in [3.63, 3.8) is 0 Å². The molecule has 3 aromatic rings. The lowest BCUT2D eigenvalue weighted by molar-refractivity contribution is -0.130. The first-order valence-corrected chi connectivity index (χ1v) is 7.53. The standard InChI is InChI=1S/C21H18O2/c1-14(2)21(22)23-17-11-9-16(10-12-17)19-13-8-15(3)18-6-4-5-7-20(18)19/h4-13H,1H2,2-3H3. The molecule has 2 heteroatoms. The molecule has 0 bridgehead atoms. The SMILES string of the molecule is C=C(C)C(=O)Oc1ccc(-c2ccc(C)c3ccccc23)cc1. The van der Waals surface area contributed by atoms with Gasteiger partial charge in [-0.2, -0.15) is 0 Å². The van der Waals surface area contributed by atoms with E-state index in [1.165, 1.54) is 21.9 Å².